The molecule has 0 atom stereocenters. The van der Waals surface area contributed by atoms with E-state index < -0.39 is 0 Å². The zero-order valence-corrected chi connectivity index (χ0v) is 22.5. The van der Waals surface area contributed by atoms with Gasteiger partial charge in [0.1, 0.15) is 0 Å². The molecule has 0 saturated heterocycles. The SMILES string of the molecule is CC1([c-]2p3[c-](C4(C)CCCCC4)p23)CCCCC1.[CH]1[CH][CH][CH][CH]1.[CH]1[CH][CH][CH][CH]1.[Zr+2]. The van der Waals surface area contributed by atoms with Gasteiger partial charge in [0.05, 0.1) is 0 Å². The average molecular weight is 502 g/mol. The summed E-state index contributed by atoms with van der Waals surface area (Å²) in [7, 11) is 0.849. The fourth-order valence-electron chi connectivity index (χ4n) is 5.22. The molecule has 2 aromatic rings. The van der Waals surface area contributed by atoms with Crippen LogP contribution in [0.15, 0.2) is 0 Å². The molecule has 4 aliphatic carbocycles. The van der Waals surface area contributed by atoms with E-state index in [2.05, 4.69) is 23.9 Å². The fourth-order valence-corrected chi connectivity index (χ4v) is 15.9. The van der Waals surface area contributed by atoms with Crippen LogP contribution in [0.2, 0.25) is 0 Å². The van der Waals surface area contributed by atoms with Crippen molar-refractivity contribution in [3.63, 3.8) is 0 Å². The van der Waals surface area contributed by atoms with Crippen molar-refractivity contribution in [2.45, 2.75) is 88.9 Å². The molecule has 0 bridgehead atoms. The Morgan fingerprint density at radius 2 is 0.724 bits per heavy atom. The van der Waals surface area contributed by atoms with E-state index in [1.54, 1.807) is 0 Å². The van der Waals surface area contributed by atoms with Crippen LogP contribution in [0, 0.1) is 64.2 Å². The Bertz CT molecular complexity index is 559. The Hall–Kier alpha value is 1.22. The fraction of sp³-hybridized carbons (Fsp3) is 0.538. The van der Waals surface area contributed by atoms with Crippen molar-refractivity contribution < 1.29 is 26.2 Å². The van der Waals surface area contributed by atoms with Crippen molar-refractivity contribution in [3.05, 3.63) is 74.3 Å². The van der Waals surface area contributed by atoms with Crippen LogP contribution < -0.4 is 0 Å². The molecule has 0 amide bonds. The molecule has 0 N–H and O–H groups in total. The Morgan fingerprint density at radius 3 is 0.966 bits per heavy atom. The maximum atomic E-state index is 2.61. The van der Waals surface area contributed by atoms with Gasteiger partial charge in [-0.2, -0.15) is 0 Å². The smallest absolute Gasteiger partial charge is 0.461 e. The van der Waals surface area contributed by atoms with Crippen LogP contribution in [0.5, 0.6) is 0 Å². The monoisotopic (exact) mass is 500 g/mol. The molecule has 2 aromatic heterocycles. The molecular weight excluding hydrogens is 465 g/mol. The van der Waals surface area contributed by atoms with E-state index in [9.17, 15) is 0 Å². The summed E-state index contributed by atoms with van der Waals surface area (Å²) in [6, 6.07) is 0. The summed E-state index contributed by atoms with van der Waals surface area (Å²) in [5.41, 5.74) is 1.45. The van der Waals surface area contributed by atoms with E-state index >= 15 is 0 Å². The molecule has 29 heavy (non-hydrogen) atoms. The quantitative estimate of drug-likeness (QED) is 0.361. The molecule has 4 saturated carbocycles. The standard InChI is InChI=1S/C16H26P2.2C5H5.Zr/c1-15(9-5-3-6-10-15)13-17-14(18(13)17)16(2)11-7-4-8-12-16;2*1-2-4-5-3-1;/h3-12H2,1-2H3;2*1-5H;/q-2;;;+2. The van der Waals surface area contributed by atoms with Crippen LogP contribution in [0.1, 0.15) is 88.1 Å². The summed E-state index contributed by atoms with van der Waals surface area (Å²) in [6.07, 6.45) is 35.2. The van der Waals surface area contributed by atoms with Crippen LogP contribution in [0.4, 0.5) is 0 Å². The number of rotatable bonds is 2. The molecule has 4 aliphatic rings. The number of hydrogen-bond acceptors (Lipinski definition) is 0. The van der Waals surface area contributed by atoms with Crippen molar-refractivity contribution in [1.29, 1.82) is 0 Å². The molecule has 0 spiro atoms. The molecule has 10 radical (unpaired) electrons. The van der Waals surface area contributed by atoms with Crippen LogP contribution in [0.25, 0.3) is 0 Å². The molecular formula is C26H36P2Zr. The van der Waals surface area contributed by atoms with Crippen molar-refractivity contribution in [3.8, 4) is 0 Å². The largest absolute Gasteiger partial charge is 2.00 e. The second-order valence-corrected chi connectivity index (χ2v) is 15.6. The maximum absolute atomic E-state index is 2.61. The van der Waals surface area contributed by atoms with Gasteiger partial charge < -0.3 is 24.1 Å². The normalized spacial score (nSPS) is 27.1. The van der Waals surface area contributed by atoms with Crippen molar-refractivity contribution in [2.75, 3.05) is 0 Å². The predicted molar refractivity (Wildman–Crippen MR) is 127 cm³/mol. The summed E-state index contributed by atoms with van der Waals surface area (Å²) in [6.45, 7) is 5.22. The van der Waals surface area contributed by atoms with Crippen LogP contribution >= 0.6 is 14.0 Å². The predicted octanol–water partition coefficient (Wildman–Crippen LogP) is 8.77. The van der Waals surface area contributed by atoms with Gasteiger partial charge in [-0.1, -0.05) is 78.1 Å². The minimum Gasteiger partial charge on any atom is -0.461 e. The topological polar surface area (TPSA) is 0 Å². The first kappa shape index (κ1) is 24.9. The van der Waals surface area contributed by atoms with Gasteiger partial charge >= 0.3 is 26.2 Å². The zero-order chi connectivity index (χ0) is 19.5. The van der Waals surface area contributed by atoms with Gasteiger partial charge in [-0.25, -0.2) is 0 Å². The molecule has 4 fully saturated rings. The molecule has 0 aliphatic heterocycles. The minimum atomic E-state index is 0. The molecule has 0 unspecified atom stereocenters. The first-order valence-electron chi connectivity index (χ1n) is 11.3. The Balaban J connectivity index is 0.000000180. The van der Waals surface area contributed by atoms with Gasteiger partial charge in [-0.05, 0) is 64.2 Å². The average Bonchev–Trinajstić information content (AvgIpc) is 3.35. The van der Waals surface area contributed by atoms with Crippen molar-refractivity contribution in [1.82, 2.24) is 0 Å². The molecule has 154 valence electrons. The number of hydrogen-bond donors (Lipinski definition) is 0. The minimum absolute atomic E-state index is 0. The Morgan fingerprint density at radius 1 is 0.483 bits per heavy atom. The van der Waals surface area contributed by atoms with Crippen molar-refractivity contribution in [2.24, 2.45) is 0 Å². The summed E-state index contributed by atoms with van der Waals surface area (Å²) in [4.78, 5) is 0. The van der Waals surface area contributed by atoms with Crippen LogP contribution in [0.3, 0.4) is 0 Å². The number of fused-ring (bicyclic) bond motifs is 1. The molecule has 2 heterocycles. The maximum Gasteiger partial charge on any atom is 2.00 e. The Kier molecular flexibility index (Phi) is 9.76. The van der Waals surface area contributed by atoms with E-state index in [-0.39, 0.29) is 26.2 Å². The van der Waals surface area contributed by atoms with Gasteiger partial charge in [0.25, 0.3) is 0 Å². The van der Waals surface area contributed by atoms with Gasteiger partial charge in [0, 0.05) is 0 Å². The van der Waals surface area contributed by atoms with E-state index in [1.807, 2.05) is 64.2 Å². The van der Waals surface area contributed by atoms with Gasteiger partial charge in [0.2, 0.25) is 0 Å². The van der Waals surface area contributed by atoms with E-state index in [0.29, 0.717) is 14.0 Å². The van der Waals surface area contributed by atoms with Gasteiger partial charge in [0.15, 0.2) is 0 Å². The first-order valence-corrected chi connectivity index (χ1v) is 14.7. The third-order valence-electron chi connectivity index (χ3n) is 7.03. The van der Waals surface area contributed by atoms with Gasteiger partial charge in [-0.15, -0.1) is 10.8 Å². The van der Waals surface area contributed by atoms with Crippen molar-refractivity contribution >= 4 is 14.0 Å². The third-order valence-corrected chi connectivity index (χ3v) is 15.2. The summed E-state index contributed by atoms with van der Waals surface area (Å²) >= 11 is 0. The molecule has 6 rings (SSSR count). The second-order valence-electron chi connectivity index (χ2n) is 9.44. The summed E-state index contributed by atoms with van der Waals surface area (Å²) in [5, 5.41) is 4.27. The van der Waals surface area contributed by atoms with Crippen LogP contribution in [-0.4, -0.2) is 0 Å². The van der Waals surface area contributed by atoms with E-state index in [0.717, 1.165) is 10.8 Å². The molecule has 0 nitrogen and oxygen atoms in total. The van der Waals surface area contributed by atoms with E-state index in [1.165, 1.54) is 64.2 Å². The summed E-state index contributed by atoms with van der Waals surface area (Å²) < 4.78 is 0. The van der Waals surface area contributed by atoms with Gasteiger partial charge in [-0.3, -0.25) is 0 Å². The Labute approximate surface area is 202 Å². The second kappa shape index (κ2) is 11.4. The van der Waals surface area contributed by atoms with E-state index in [4.69, 9.17) is 0 Å². The van der Waals surface area contributed by atoms with Crippen LogP contribution in [-0.2, 0) is 37.0 Å². The summed E-state index contributed by atoms with van der Waals surface area (Å²) in [5.74, 6) is 0. The zero-order valence-electron chi connectivity index (χ0n) is 18.2. The first-order chi connectivity index (χ1) is 13.7. The molecule has 0 aromatic carbocycles. The third kappa shape index (κ3) is 6.17. The molecule has 3 heteroatoms.